The lowest BCUT2D eigenvalue weighted by atomic mass is 9.73. The first-order valence-electron chi connectivity index (χ1n) is 9.71. The van der Waals surface area contributed by atoms with Crippen LogP contribution in [0.2, 0.25) is 0 Å². The van der Waals surface area contributed by atoms with Crippen LogP contribution in [0.4, 0.5) is 0 Å². The Labute approximate surface area is 150 Å². The van der Waals surface area contributed by atoms with Crippen molar-refractivity contribution < 1.29 is 4.79 Å². The number of hydrogen-bond acceptors (Lipinski definition) is 3. The third-order valence-corrected chi connectivity index (χ3v) is 7.29. The molecule has 0 bridgehead atoms. The molecule has 24 heavy (non-hydrogen) atoms. The molecule has 2 N–H and O–H groups in total. The fourth-order valence-electron chi connectivity index (χ4n) is 4.53. The molecular formula is C20H32N2OS. The van der Waals surface area contributed by atoms with Crippen LogP contribution in [0, 0.1) is 11.8 Å². The van der Waals surface area contributed by atoms with Crippen LogP contribution in [0.3, 0.4) is 0 Å². The number of hydrogen-bond donors (Lipinski definition) is 2. The zero-order chi connectivity index (χ0) is 16.8. The monoisotopic (exact) mass is 348 g/mol. The van der Waals surface area contributed by atoms with Crippen molar-refractivity contribution in [2.75, 3.05) is 19.6 Å². The first-order chi connectivity index (χ1) is 11.7. The number of carbonyl (C=O) groups is 1. The summed E-state index contributed by atoms with van der Waals surface area (Å²) in [6, 6.07) is 4.41. The summed E-state index contributed by atoms with van der Waals surface area (Å²) in [6.45, 7) is 5.30. The maximum absolute atomic E-state index is 12.5. The smallest absolute Gasteiger partial charge is 0.220 e. The minimum Gasteiger partial charge on any atom is -0.355 e. The van der Waals surface area contributed by atoms with Crippen LogP contribution in [0.5, 0.6) is 0 Å². The normalized spacial score (nSPS) is 22.9. The molecule has 1 aromatic rings. The van der Waals surface area contributed by atoms with Crippen LogP contribution in [0.15, 0.2) is 17.5 Å². The predicted molar refractivity (Wildman–Crippen MR) is 101 cm³/mol. The van der Waals surface area contributed by atoms with Crippen molar-refractivity contribution in [2.45, 2.75) is 63.7 Å². The molecular weight excluding hydrogens is 316 g/mol. The highest BCUT2D eigenvalue weighted by Gasteiger charge is 2.35. The summed E-state index contributed by atoms with van der Waals surface area (Å²) >= 11 is 1.86. The highest BCUT2D eigenvalue weighted by atomic mass is 32.1. The van der Waals surface area contributed by atoms with E-state index < -0.39 is 0 Å². The van der Waals surface area contributed by atoms with E-state index in [4.69, 9.17) is 0 Å². The maximum atomic E-state index is 12.5. The van der Waals surface area contributed by atoms with Crippen LogP contribution < -0.4 is 10.6 Å². The second-order valence-corrected chi connectivity index (χ2v) is 8.81. The predicted octanol–water partition coefficient (Wildman–Crippen LogP) is 4.09. The molecule has 1 amide bonds. The summed E-state index contributed by atoms with van der Waals surface area (Å²) in [6.07, 6.45) is 9.48. The van der Waals surface area contributed by atoms with Gasteiger partial charge in [0.2, 0.25) is 5.91 Å². The van der Waals surface area contributed by atoms with Gasteiger partial charge in [0, 0.05) is 23.3 Å². The summed E-state index contributed by atoms with van der Waals surface area (Å²) < 4.78 is 0. The second-order valence-electron chi connectivity index (χ2n) is 7.86. The molecule has 1 aliphatic carbocycles. The summed E-state index contributed by atoms with van der Waals surface area (Å²) in [5, 5.41) is 8.89. The van der Waals surface area contributed by atoms with Gasteiger partial charge < -0.3 is 10.6 Å². The lowest BCUT2D eigenvalue weighted by Crippen LogP contribution is -2.42. The molecule has 0 spiro atoms. The number of carbonyl (C=O) groups excluding carboxylic acids is 1. The largest absolute Gasteiger partial charge is 0.355 e. The SMILES string of the molecule is CC(CC(=O)NCC1(c2cccs2)CCCCC1)C1CCNCC1. The van der Waals surface area contributed by atoms with Gasteiger partial charge in [0.05, 0.1) is 0 Å². The topological polar surface area (TPSA) is 41.1 Å². The van der Waals surface area contributed by atoms with E-state index >= 15 is 0 Å². The molecule has 1 saturated heterocycles. The van der Waals surface area contributed by atoms with E-state index in [1.807, 2.05) is 11.3 Å². The van der Waals surface area contributed by atoms with Crippen molar-refractivity contribution >= 4 is 17.2 Å². The van der Waals surface area contributed by atoms with Gasteiger partial charge in [-0.05, 0) is 62.1 Å². The molecule has 1 atom stereocenters. The fourth-order valence-corrected chi connectivity index (χ4v) is 5.52. The molecule has 3 rings (SSSR count). The van der Waals surface area contributed by atoms with Crippen molar-refractivity contribution in [3.8, 4) is 0 Å². The molecule has 3 nitrogen and oxygen atoms in total. The van der Waals surface area contributed by atoms with Crippen LogP contribution in [0.25, 0.3) is 0 Å². The van der Waals surface area contributed by atoms with E-state index in [1.165, 1.54) is 49.8 Å². The number of rotatable bonds is 6. The van der Waals surface area contributed by atoms with E-state index in [0.29, 0.717) is 18.3 Å². The van der Waals surface area contributed by atoms with Gasteiger partial charge in [-0.1, -0.05) is 32.3 Å². The molecule has 1 saturated carbocycles. The maximum Gasteiger partial charge on any atom is 0.220 e. The van der Waals surface area contributed by atoms with E-state index in [1.54, 1.807) is 0 Å². The molecule has 1 aliphatic heterocycles. The third-order valence-electron chi connectivity index (χ3n) is 6.17. The van der Waals surface area contributed by atoms with Gasteiger partial charge in [0.25, 0.3) is 0 Å². The van der Waals surface area contributed by atoms with Crippen LogP contribution >= 0.6 is 11.3 Å². The van der Waals surface area contributed by atoms with Gasteiger partial charge in [-0.3, -0.25) is 4.79 Å². The second kappa shape index (κ2) is 8.48. The van der Waals surface area contributed by atoms with Crippen molar-refractivity contribution in [1.29, 1.82) is 0 Å². The Balaban J connectivity index is 1.53. The van der Waals surface area contributed by atoms with Crippen molar-refractivity contribution in [1.82, 2.24) is 10.6 Å². The van der Waals surface area contributed by atoms with Gasteiger partial charge in [0.1, 0.15) is 0 Å². The quantitative estimate of drug-likeness (QED) is 0.813. The Morgan fingerprint density at radius 1 is 1.33 bits per heavy atom. The molecule has 2 aliphatic rings. The lowest BCUT2D eigenvalue weighted by Gasteiger charge is -2.37. The van der Waals surface area contributed by atoms with E-state index in [0.717, 1.165) is 19.6 Å². The minimum absolute atomic E-state index is 0.195. The summed E-state index contributed by atoms with van der Waals surface area (Å²) in [4.78, 5) is 14.0. The average Bonchev–Trinajstić information content (AvgIpc) is 3.17. The van der Waals surface area contributed by atoms with Gasteiger partial charge >= 0.3 is 0 Å². The van der Waals surface area contributed by atoms with Crippen molar-refractivity contribution in [2.24, 2.45) is 11.8 Å². The standard InChI is InChI=1S/C20H32N2OS/c1-16(17-7-11-21-12-8-17)14-19(23)22-15-20(9-3-2-4-10-20)18-6-5-13-24-18/h5-6,13,16-17,21H,2-4,7-12,14-15H2,1H3,(H,22,23). The van der Waals surface area contributed by atoms with E-state index in [-0.39, 0.29) is 11.3 Å². The first-order valence-corrected chi connectivity index (χ1v) is 10.6. The van der Waals surface area contributed by atoms with Gasteiger partial charge in [-0.25, -0.2) is 0 Å². The number of nitrogens with one attached hydrogen (secondary N) is 2. The molecule has 134 valence electrons. The van der Waals surface area contributed by atoms with Crippen molar-refractivity contribution in [3.63, 3.8) is 0 Å². The van der Waals surface area contributed by atoms with Gasteiger partial charge in [-0.2, -0.15) is 0 Å². The van der Waals surface area contributed by atoms with Gasteiger partial charge in [0.15, 0.2) is 0 Å². The molecule has 1 aromatic heterocycles. The van der Waals surface area contributed by atoms with E-state index in [2.05, 4.69) is 35.1 Å². The van der Waals surface area contributed by atoms with E-state index in [9.17, 15) is 4.79 Å². The molecule has 2 fully saturated rings. The summed E-state index contributed by atoms with van der Waals surface area (Å²) in [5.41, 5.74) is 0.195. The zero-order valence-electron chi connectivity index (χ0n) is 15.0. The zero-order valence-corrected chi connectivity index (χ0v) is 15.8. The lowest BCUT2D eigenvalue weighted by molar-refractivity contribution is -0.122. The van der Waals surface area contributed by atoms with Crippen molar-refractivity contribution in [3.05, 3.63) is 22.4 Å². The highest BCUT2D eigenvalue weighted by Crippen LogP contribution is 2.41. The average molecular weight is 349 g/mol. The number of amides is 1. The fraction of sp³-hybridized carbons (Fsp3) is 0.750. The molecule has 2 heterocycles. The molecule has 0 radical (unpaired) electrons. The Kier molecular flexibility index (Phi) is 6.34. The van der Waals surface area contributed by atoms with Crippen LogP contribution in [-0.2, 0) is 10.2 Å². The van der Waals surface area contributed by atoms with Crippen LogP contribution in [-0.4, -0.2) is 25.5 Å². The van der Waals surface area contributed by atoms with Crippen LogP contribution in [0.1, 0.15) is 63.2 Å². The van der Waals surface area contributed by atoms with Gasteiger partial charge in [-0.15, -0.1) is 11.3 Å². The Hall–Kier alpha value is -0.870. The molecule has 1 unspecified atom stereocenters. The third kappa shape index (κ3) is 4.40. The summed E-state index contributed by atoms with van der Waals surface area (Å²) in [7, 11) is 0. The first kappa shape index (κ1) is 17.9. The number of thiophene rings is 1. The minimum atomic E-state index is 0.195. The molecule has 0 aromatic carbocycles. The number of piperidine rings is 1. The Morgan fingerprint density at radius 2 is 2.08 bits per heavy atom. The Morgan fingerprint density at radius 3 is 2.75 bits per heavy atom. The highest BCUT2D eigenvalue weighted by molar-refractivity contribution is 7.10. The molecule has 4 heteroatoms. The Bertz CT molecular complexity index is 502. The summed E-state index contributed by atoms with van der Waals surface area (Å²) in [5.74, 6) is 1.46.